The van der Waals surface area contributed by atoms with Crippen LogP contribution in [0, 0.1) is 13.8 Å². The third-order valence-electron chi connectivity index (χ3n) is 5.25. The van der Waals surface area contributed by atoms with E-state index in [9.17, 15) is 9.59 Å². The SMILES string of the molecule is CCc1ccc(C(C)NC(=O)COC(=O)c2ccc(OCc3c(C)noc3C)cc2)cc1. The summed E-state index contributed by atoms with van der Waals surface area (Å²) in [6.45, 7) is 7.65. The first-order valence-corrected chi connectivity index (χ1v) is 10.6. The zero-order valence-electron chi connectivity index (χ0n) is 18.8. The molecule has 1 amide bonds. The van der Waals surface area contributed by atoms with E-state index in [1.54, 1.807) is 24.3 Å². The van der Waals surface area contributed by atoms with Gasteiger partial charge in [0, 0.05) is 0 Å². The number of nitrogens with one attached hydrogen (secondary N) is 1. The highest BCUT2D eigenvalue weighted by Crippen LogP contribution is 2.18. The number of esters is 1. The number of hydrogen-bond acceptors (Lipinski definition) is 6. The molecule has 0 fully saturated rings. The molecule has 2 aromatic carbocycles. The van der Waals surface area contributed by atoms with Gasteiger partial charge in [-0.05, 0) is 62.6 Å². The summed E-state index contributed by atoms with van der Waals surface area (Å²) < 4.78 is 16.0. The van der Waals surface area contributed by atoms with E-state index in [2.05, 4.69) is 17.4 Å². The van der Waals surface area contributed by atoms with Crippen molar-refractivity contribution in [3.05, 3.63) is 82.2 Å². The second kappa shape index (κ2) is 10.6. The van der Waals surface area contributed by atoms with Crippen LogP contribution < -0.4 is 10.1 Å². The first-order valence-electron chi connectivity index (χ1n) is 10.6. The third kappa shape index (κ3) is 5.97. The van der Waals surface area contributed by atoms with E-state index in [0.29, 0.717) is 23.7 Å². The van der Waals surface area contributed by atoms with Crippen LogP contribution in [0.15, 0.2) is 53.1 Å². The largest absolute Gasteiger partial charge is 0.489 e. The van der Waals surface area contributed by atoms with Crippen molar-refractivity contribution in [1.82, 2.24) is 10.5 Å². The first kappa shape index (κ1) is 23.1. The molecule has 0 radical (unpaired) electrons. The molecule has 3 aromatic rings. The minimum absolute atomic E-state index is 0.179. The van der Waals surface area contributed by atoms with Crippen molar-refractivity contribution in [2.24, 2.45) is 0 Å². The summed E-state index contributed by atoms with van der Waals surface area (Å²) in [5, 5.41) is 6.73. The molecule has 7 heteroatoms. The quantitative estimate of drug-likeness (QED) is 0.498. The van der Waals surface area contributed by atoms with Crippen LogP contribution in [0.1, 0.15) is 58.4 Å². The molecular formula is C25H28N2O5. The van der Waals surface area contributed by atoms with Crippen molar-refractivity contribution in [3.63, 3.8) is 0 Å². The molecule has 0 spiro atoms. The molecular weight excluding hydrogens is 408 g/mol. The van der Waals surface area contributed by atoms with Gasteiger partial charge in [-0.15, -0.1) is 0 Å². The van der Waals surface area contributed by atoms with Gasteiger partial charge < -0.3 is 19.3 Å². The number of carbonyl (C=O) groups excluding carboxylic acids is 2. The van der Waals surface area contributed by atoms with Crippen molar-refractivity contribution in [2.75, 3.05) is 6.61 Å². The molecule has 0 bridgehead atoms. The van der Waals surface area contributed by atoms with Crippen LogP contribution in [0.3, 0.4) is 0 Å². The summed E-state index contributed by atoms with van der Waals surface area (Å²) in [4.78, 5) is 24.4. The molecule has 1 N–H and O–H groups in total. The van der Waals surface area contributed by atoms with Gasteiger partial charge in [-0.25, -0.2) is 4.79 Å². The van der Waals surface area contributed by atoms with E-state index < -0.39 is 5.97 Å². The van der Waals surface area contributed by atoms with Crippen molar-refractivity contribution in [2.45, 2.75) is 46.8 Å². The lowest BCUT2D eigenvalue weighted by Crippen LogP contribution is -2.31. The molecule has 1 atom stereocenters. The zero-order valence-corrected chi connectivity index (χ0v) is 18.8. The Morgan fingerprint density at radius 2 is 1.75 bits per heavy atom. The van der Waals surface area contributed by atoms with Crippen LogP contribution in [0.4, 0.5) is 0 Å². The molecule has 1 aromatic heterocycles. The van der Waals surface area contributed by atoms with E-state index in [1.807, 2.05) is 45.0 Å². The second-order valence-electron chi connectivity index (χ2n) is 7.58. The van der Waals surface area contributed by atoms with E-state index >= 15 is 0 Å². The fourth-order valence-electron chi connectivity index (χ4n) is 3.17. The zero-order chi connectivity index (χ0) is 23.1. The van der Waals surface area contributed by atoms with Gasteiger partial charge in [0.2, 0.25) is 0 Å². The number of carbonyl (C=O) groups is 2. The summed E-state index contributed by atoms with van der Waals surface area (Å²) in [6, 6.07) is 14.4. The van der Waals surface area contributed by atoms with Gasteiger partial charge in [0.05, 0.1) is 22.9 Å². The topological polar surface area (TPSA) is 90.7 Å². The van der Waals surface area contributed by atoms with Gasteiger partial charge in [0.25, 0.3) is 5.91 Å². The monoisotopic (exact) mass is 436 g/mol. The lowest BCUT2D eigenvalue weighted by atomic mass is 10.1. The van der Waals surface area contributed by atoms with Crippen molar-refractivity contribution in [3.8, 4) is 5.75 Å². The van der Waals surface area contributed by atoms with Gasteiger partial charge in [0.15, 0.2) is 6.61 Å². The number of nitrogens with zero attached hydrogens (tertiary/aromatic N) is 1. The lowest BCUT2D eigenvalue weighted by molar-refractivity contribution is -0.124. The van der Waals surface area contributed by atoms with E-state index in [1.165, 1.54) is 5.56 Å². The summed E-state index contributed by atoms with van der Waals surface area (Å²) >= 11 is 0. The molecule has 0 aliphatic rings. The number of amides is 1. The summed E-state index contributed by atoms with van der Waals surface area (Å²) in [7, 11) is 0. The fourth-order valence-corrected chi connectivity index (χ4v) is 3.17. The van der Waals surface area contributed by atoms with Crippen molar-refractivity contribution < 1.29 is 23.6 Å². The average molecular weight is 437 g/mol. The molecule has 1 unspecified atom stereocenters. The lowest BCUT2D eigenvalue weighted by Gasteiger charge is -2.15. The number of rotatable bonds is 9. The fraction of sp³-hybridized carbons (Fsp3) is 0.320. The van der Waals surface area contributed by atoms with Crippen LogP contribution >= 0.6 is 0 Å². The molecule has 1 heterocycles. The van der Waals surface area contributed by atoms with Crippen molar-refractivity contribution in [1.29, 1.82) is 0 Å². The molecule has 0 aliphatic carbocycles. The highest BCUT2D eigenvalue weighted by molar-refractivity contribution is 5.91. The second-order valence-corrected chi connectivity index (χ2v) is 7.58. The van der Waals surface area contributed by atoms with E-state index in [-0.39, 0.29) is 18.6 Å². The Bertz CT molecular complexity index is 1040. The smallest absolute Gasteiger partial charge is 0.338 e. The molecule has 0 saturated heterocycles. The Morgan fingerprint density at radius 3 is 2.34 bits per heavy atom. The van der Waals surface area contributed by atoms with Crippen molar-refractivity contribution >= 4 is 11.9 Å². The molecule has 3 rings (SSSR count). The van der Waals surface area contributed by atoms with Gasteiger partial charge in [-0.3, -0.25) is 4.79 Å². The molecule has 168 valence electrons. The third-order valence-corrected chi connectivity index (χ3v) is 5.25. The summed E-state index contributed by atoms with van der Waals surface area (Å²) in [6.07, 6.45) is 0.964. The Labute approximate surface area is 187 Å². The maximum atomic E-state index is 12.3. The Kier molecular flexibility index (Phi) is 7.65. The van der Waals surface area contributed by atoms with Crippen LogP contribution in [0.2, 0.25) is 0 Å². The number of benzene rings is 2. The summed E-state index contributed by atoms with van der Waals surface area (Å²) in [5.74, 6) is 0.387. The van der Waals surface area contributed by atoms with Gasteiger partial charge in [-0.1, -0.05) is 36.3 Å². The molecule has 0 saturated carbocycles. The average Bonchev–Trinajstić information content (AvgIpc) is 3.13. The minimum Gasteiger partial charge on any atom is -0.489 e. The number of aromatic nitrogens is 1. The standard InChI is InChI=1S/C25H28N2O5/c1-5-19-6-8-20(9-7-19)16(2)26-24(28)15-31-25(29)21-10-12-22(13-11-21)30-14-23-17(3)27-32-18(23)4/h6-13,16H,5,14-15H2,1-4H3,(H,26,28). The van der Waals surface area contributed by atoms with Gasteiger partial charge in [0.1, 0.15) is 18.1 Å². The first-order chi connectivity index (χ1) is 15.4. The van der Waals surface area contributed by atoms with Crippen LogP contribution in [0.5, 0.6) is 5.75 Å². The Morgan fingerprint density at radius 1 is 1.06 bits per heavy atom. The number of aryl methyl sites for hydroxylation is 3. The Balaban J connectivity index is 1.46. The maximum absolute atomic E-state index is 12.3. The minimum atomic E-state index is -0.572. The predicted molar refractivity (Wildman–Crippen MR) is 119 cm³/mol. The van der Waals surface area contributed by atoms with Crippen LogP contribution in [-0.2, 0) is 22.6 Å². The maximum Gasteiger partial charge on any atom is 0.338 e. The van der Waals surface area contributed by atoms with E-state index in [4.69, 9.17) is 14.0 Å². The number of ether oxygens (including phenoxy) is 2. The van der Waals surface area contributed by atoms with Crippen LogP contribution in [-0.4, -0.2) is 23.6 Å². The highest BCUT2D eigenvalue weighted by Gasteiger charge is 2.14. The van der Waals surface area contributed by atoms with Crippen LogP contribution in [0.25, 0.3) is 0 Å². The molecule has 0 aliphatic heterocycles. The van der Waals surface area contributed by atoms with Gasteiger partial charge in [-0.2, -0.15) is 0 Å². The normalized spacial score (nSPS) is 11.6. The van der Waals surface area contributed by atoms with E-state index in [0.717, 1.165) is 23.2 Å². The number of hydrogen-bond donors (Lipinski definition) is 1. The summed E-state index contributed by atoms with van der Waals surface area (Å²) in [5.41, 5.74) is 4.25. The molecule has 7 nitrogen and oxygen atoms in total. The predicted octanol–water partition coefficient (Wildman–Crippen LogP) is 4.47. The van der Waals surface area contributed by atoms with Gasteiger partial charge >= 0.3 is 5.97 Å². The molecule has 32 heavy (non-hydrogen) atoms. The highest BCUT2D eigenvalue weighted by atomic mass is 16.5. The Hall–Kier alpha value is -3.61.